The van der Waals surface area contributed by atoms with Crippen LogP contribution in [-0.4, -0.2) is 29.7 Å². The largest absolute Gasteiger partial charge is 0.480 e. The molecule has 0 aromatic carbocycles. The Morgan fingerprint density at radius 3 is 2.75 bits per heavy atom. The molecule has 5 heteroatoms. The monoisotopic (exact) mass is 229 g/mol. The van der Waals surface area contributed by atoms with E-state index in [-0.39, 0.29) is 6.42 Å². The van der Waals surface area contributed by atoms with Crippen molar-refractivity contribution in [3.63, 3.8) is 0 Å². The molecule has 1 unspecified atom stereocenters. The Morgan fingerprint density at radius 1 is 1.50 bits per heavy atom. The number of amides is 1. The van der Waals surface area contributed by atoms with E-state index in [0.29, 0.717) is 0 Å². The van der Waals surface area contributed by atoms with Gasteiger partial charge in [-0.05, 0) is 25.7 Å². The van der Waals surface area contributed by atoms with Crippen LogP contribution in [-0.2, 0) is 9.59 Å². The second-order valence-corrected chi connectivity index (χ2v) is 3.90. The average molecular weight is 229 g/mol. The zero-order valence-electron chi connectivity index (χ0n) is 9.04. The number of carboxylic acids is 1. The molecule has 16 heavy (non-hydrogen) atoms. The van der Waals surface area contributed by atoms with E-state index in [4.69, 9.17) is 5.11 Å². The third kappa shape index (κ3) is 4.00. The Labute approximate surface area is 93.5 Å². The Bertz CT molecular complexity index is 302. The van der Waals surface area contributed by atoms with Crippen molar-refractivity contribution in [1.29, 1.82) is 0 Å². The normalized spacial score (nSPS) is 17.4. The van der Waals surface area contributed by atoms with Crippen molar-refractivity contribution in [2.75, 3.05) is 6.67 Å². The molecule has 0 saturated heterocycles. The van der Waals surface area contributed by atoms with Crippen molar-refractivity contribution in [3.05, 3.63) is 11.6 Å². The second-order valence-electron chi connectivity index (χ2n) is 3.90. The van der Waals surface area contributed by atoms with Gasteiger partial charge in [-0.1, -0.05) is 11.6 Å². The maximum absolute atomic E-state index is 12.2. The van der Waals surface area contributed by atoms with Crippen molar-refractivity contribution in [1.82, 2.24) is 5.32 Å². The highest BCUT2D eigenvalue weighted by Gasteiger charge is 2.20. The van der Waals surface area contributed by atoms with E-state index in [1.807, 2.05) is 6.08 Å². The van der Waals surface area contributed by atoms with Gasteiger partial charge in [0, 0.05) is 6.42 Å². The molecule has 1 aliphatic rings. The topological polar surface area (TPSA) is 66.4 Å². The summed E-state index contributed by atoms with van der Waals surface area (Å²) in [6.45, 7) is -1.08. The van der Waals surface area contributed by atoms with Crippen LogP contribution < -0.4 is 5.32 Å². The molecule has 90 valence electrons. The standard InChI is InChI=1S/C11H16FNO3/c12-7-9(11(15)16)13-10(14)6-8-4-2-1-3-5-8/h4,9H,1-3,5-7H2,(H,13,14)(H,15,16). The molecule has 1 aliphatic carbocycles. The van der Waals surface area contributed by atoms with E-state index < -0.39 is 24.6 Å². The number of carbonyl (C=O) groups is 2. The van der Waals surface area contributed by atoms with Crippen LogP contribution in [0.5, 0.6) is 0 Å². The molecule has 1 rings (SSSR count). The highest BCUT2D eigenvalue weighted by Crippen LogP contribution is 2.19. The van der Waals surface area contributed by atoms with E-state index in [1.165, 1.54) is 0 Å². The summed E-state index contributed by atoms with van der Waals surface area (Å²) in [5, 5.41) is 10.7. The summed E-state index contributed by atoms with van der Waals surface area (Å²) in [5.74, 6) is -1.76. The number of hydrogen-bond acceptors (Lipinski definition) is 2. The van der Waals surface area contributed by atoms with Crippen LogP contribution in [0.25, 0.3) is 0 Å². The van der Waals surface area contributed by atoms with Crippen molar-refractivity contribution in [2.24, 2.45) is 0 Å². The smallest absolute Gasteiger partial charge is 0.328 e. The fourth-order valence-electron chi connectivity index (χ4n) is 1.68. The molecule has 0 saturated carbocycles. The summed E-state index contributed by atoms with van der Waals surface area (Å²) in [4.78, 5) is 21.9. The van der Waals surface area contributed by atoms with Gasteiger partial charge in [-0.3, -0.25) is 4.79 Å². The first kappa shape index (κ1) is 12.7. The highest BCUT2D eigenvalue weighted by molar-refractivity contribution is 5.84. The maximum atomic E-state index is 12.2. The van der Waals surface area contributed by atoms with Crippen LogP contribution in [0.15, 0.2) is 11.6 Å². The number of halogens is 1. The molecule has 2 N–H and O–H groups in total. The summed E-state index contributed by atoms with van der Waals surface area (Å²) in [6, 6.07) is -1.42. The van der Waals surface area contributed by atoms with Gasteiger partial charge in [0.2, 0.25) is 5.91 Å². The van der Waals surface area contributed by atoms with Gasteiger partial charge in [0.1, 0.15) is 6.67 Å². The van der Waals surface area contributed by atoms with Gasteiger partial charge in [-0.15, -0.1) is 0 Å². The minimum Gasteiger partial charge on any atom is -0.480 e. The van der Waals surface area contributed by atoms with Crippen LogP contribution in [0.4, 0.5) is 4.39 Å². The van der Waals surface area contributed by atoms with Gasteiger partial charge in [-0.2, -0.15) is 0 Å². The molecule has 0 aromatic rings. The van der Waals surface area contributed by atoms with Crippen molar-refractivity contribution < 1.29 is 19.1 Å². The maximum Gasteiger partial charge on any atom is 0.328 e. The van der Waals surface area contributed by atoms with E-state index in [9.17, 15) is 14.0 Å². The summed E-state index contributed by atoms with van der Waals surface area (Å²) in [7, 11) is 0. The summed E-state index contributed by atoms with van der Waals surface area (Å²) in [5.41, 5.74) is 1.02. The quantitative estimate of drug-likeness (QED) is 0.700. The van der Waals surface area contributed by atoms with Gasteiger partial charge in [0.15, 0.2) is 6.04 Å². The summed E-state index contributed by atoms with van der Waals surface area (Å²) in [6.07, 6.45) is 6.23. The molecule has 0 bridgehead atoms. The number of nitrogens with one attached hydrogen (secondary N) is 1. The Balaban J connectivity index is 2.40. The zero-order valence-corrected chi connectivity index (χ0v) is 9.04. The number of rotatable bonds is 5. The van der Waals surface area contributed by atoms with Gasteiger partial charge in [0.25, 0.3) is 0 Å². The fraction of sp³-hybridized carbons (Fsp3) is 0.636. The third-order valence-corrected chi connectivity index (χ3v) is 2.56. The molecule has 0 spiro atoms. The number of hydrogen-bond donors (Lipinski definition) is 2. The van der Waals surface area contributed by atoms with E-state index >= 15 is 0 Å². The van der Waals surface area contributed by atoms with Crippen molar-refractivity contribution in [3.8, 4) is 0 Å². The molecular formula is C11H16FNO3. The number of aliphatic carboxylic acids is 1. The van der Waals surface area contributed by atoms with E-state index in [2.05, 4.69) is 5.32 Å². The van der Waals surface area contributed by atoms with Gasteiger partial charge < -0.3 is 10.4 Å². The first-order chi connectivity index (χ1) is 7.63. The minimum atomic E-state index is -1.42. The third-order valence-electron chi connectivity index (χ3n) is 2.56. The van der Waals surface area contributed by atoms with Crippen LogP contribution >= 0.6 is 0 Å². The van der Waals surface area contributed by atoms with Gasteiger partial charge >= 0.3 is 5.97 Å². The van der Waals surface area contributed by atoms with Crippen LogP contribution in [0.2, 0.25) is 0 Å². The lowest BCUT2D eigenvalue weighted by atomic mass is 9.97. The van der Waals surface area contributed by atoms with Crippen molar-refractivity contribution >= 4 is 11.9 Å². The van der Waals surface area contributed by atoms with Crippen LogP contribution in [0.3, 0.4) is 0 Å². The van der Waals surface area contributed by atoms with E-state index in [0.717, 1.165) is 31.3 Å². The molecule has 1 amide bonds. The Kier molecular flexibility index (Phi) is 4.95. The molecule has 4 nitrogen and oxygen atoms in total. The highest BCUT2D eigenvalue weighted by atomic mass is 19.1. The Hall–Kier alpha value is -1.39. The van der Waals surface area contributed by atoms with Crippen LogP contribution in [0.1, 0.15) is 32.1 Å². The summed E-state index contributed by atoms with van der Waals surface area (Å²) < 4.78 is 12.2. The molecule has 0 heterocycles. The van der Waals surface area contributed by atoms with Gasteiger partial charge in [0.05, 0.1) is 0 Å². The minimum absolute atomic E-state index is 0.184. The fourth-order valence-corrected chi connectivity index (χ4v) is 1.68. The number of carboxylic acid groups (broad SMARTS) is 1. The molecule has 0 aromatic heterocycles. The lowest BCUT2D eigenvalue weighted by molar-refractivity contribution is -0.142. The second kappa shape index (κ2) is 6.25. The van der Waals surface area contributed by atoms with Crippen molar-refractivity contribution in [2.45, 2.75) is 38.1 Å². The molecule has 0 aliphatic heterocycles. The molecular weight excluding hydrogens is 213 g/mol. The van der Waals surface area contributed by atoms with Gasteiger partial charge in [-0.25, -0.2) is 9.18 Å². The number of allylic oxidation sites excluding steroid dienone is 1. The molecule has 0 radical (unpaired) electrons. The lowest BCUT2D eigenvalue weighted by Gasteiger charge is -2.14. The average Bonchev–Trinajstić information content (AvgIpc) is 2.27. The number of alkyl halides is 1. The SMILES string of the molecule is O=C(CC1=CCCCC1)NC(CF)C(=O)O. The van der Waals surface area contributed by atoms with Crippen LogP contribution in [0, 0.1) is 0 Å². The Morgan fingerprint density at radius 2 is 2.25 bits per heavy atom. The first-order valence-electron chi connectivity index (χ1n) is 5.39. The zero-order chi connectivity index (χ0) is 12.0. The number of carbonyl (C=O) groups excluding carboxylic acids is 1. The predicted molar refractivity (Wildman–Crippen MR) is 56.7 cm³/mol. The van der Waals surface area contributed by atoms with E-state index in [1.54, 1.807) is 0 Å². The lowest BCUT2D eigenvalue weighted by Crippen LogP contribution is -2.42. The summed E-state index contributed by atoms with van der Waals surface area (Å²) >= 11 is 0. The first-order valence-corrected chi connectivity index (χ1v) is 5.39. The molecule has 0 fully saturated rings. The predicted octanol–water partition coefficient (Wildman–Crippen LogP) is 1.42. The molecule has 1 atom stereocenters.